The van der Waals surface area contributed by atoms with E-state index in [9.17, 15) is 9.90 Å². The van der Waals surface area contributed by atoms with E-state index in [1.165, 1.54) is 57.8 Å². The SMILES string of the molecule is CCN1CCN(C(=O)[C@]23CC[C@@H](C4(C)CC4)[C@@H]2[C@H]2CC[C@@H]4[C@@]5(C)CC[C@H](O)C(C)(C)[C@@H]5CC[C@@]4(C)[C@]2(C)CC3)CC1. The fourth-order valence-corrected chi connectivity index (χ4v) is 13.9. The van der Waals surface area contributed by atoms with Crippen molar-refractivity contribution >= 4 is 5.91 Å². The molecule has 41 heavy (non-hydrogen) atoms. The van der Waals surface area contributed by atoms with Crippen molar-refractivity contribution in [1.29, 1.82) is 0 Å². The first-order valence-corrected chi connectivity index (χ1v) is 18.0. The Labute approximate surface area is 251 Å². The van der Waals surface area contributed by atoms with Gasteiger partial charge in [-0.05, 0) is 140 Å². The molecule has 10 atom stereocenters. The molecular weight excluding hydrogens is 504 g/mol. The van der Waals surface area contributed by atoms with Crippen molar-refractivity contribution in [2.45, 2.75) is 132 Å². The van der Waals surface area contributed by atoms with Gasteiger partial charge in [0.2, 0.25) is 5.91 Å². The van der Waals surface area contributed by atoms with Crippen LogP contribution in [-0.4, -0.2) is 59.6 Å². The van der Waals surface area contributed by atoms with E-state index in [0.717, 1.165) is 63.8 Å². The molecule has 1 amide bonds. The minimum absolute atomic E-state index is 0.0130. The number of carbonyl (C=O) groups excluding carboxylic acids is 1. The van der Waals surface area contributed by atoms with Crippen molar-refractivity contribution in [2.75, 3.05) is 32.7 Å². The minimum Gasteiger partial charge on any atom is -0.393 e. The fraction of sp³-hybridized carbons (Fsp3) is 0.973. The molecule has 0 bridgehead atoms. The van der Waals surface area contributed by atoms with Gasteiger partial charge in [-0.2, -0.15) is 0 Å². The molecule has 0 aromatic rings. The molecular formula is C37H62N2O2. The normalized spacial score (nSPS) is 52.1. The van der Waals surface area contributed by atoms with Gasteiger partial charge in [0.25, 0.3) is 0 Å². The highest BCUT2D eigenvalue weighted by molar-refractivity contribution is 5.84. The second-order valence-electron chi connectivity index (χ2n) is 18.3. The van der Waals surface area contributed by atoms with Crippen LogP contribution in [-0.2, 0) is 4.79 Å². The van der Waals surface area contributed by atoms with Gasteiger partial charge >= 0.3 is 0 Å². The predicted molar refractivity (Wildman–Crippen MR) is 166 cm³/mol. The number of hydrogen-bond donors (Lipinski definition) is 1. The van der Waals surface area contributed by atoms with Gasteiger partial charge in [0.05, 0.1) is 11.5 Å². The molecule has 6 saturated carbocycles. The van der Waals surface area contributed by atoms with E-state index in [1.54, 1.807) is 0 Å². The largest absolute Gasteiger partial charge is 0.393 e. The highest BCUT2D eigenvalue weighted by Crippen LogP contribution is 2.79. The zero-order valence-corrected chi connectivity index (χ0v) is 27.7. The third kappa shape index (κ3) is 3.74. The number of nitrogens with zero attached hydrogens (tertiary/aromatic N) is 2. The topological polar surface area (TPSA) is 43.8 Å². The first-order valence-electron chi connectivity index (χ1n) is 18.0. The van der Waals surface area contributed by atoms with Gasteiger partial charge in [0.1, 0.15) is 0 Å². The van der Waals surface area contributed by atoms with Crippen LogP contribution in [0.25, 0.3) is 0 Å². The summed E-state index contributed by atoms with van der Waals surface area (Å²) in [6, 6.07) is 0. The molecule has 0 spiro atoms. The number of carbonyl (C=O) groups is 1. The zero-order chi connectivity index (χ0) is 29.2. The number of aliphatic hydroxyl groups is 1. The molecule has 4 nitrogen and oxygen atoms in total. The van der Waals surface area contributed by atoms with Crippen molar-refractivity contribution in [3.8, 4) is 0 Å². The van der Waals surface area contributed by atoms with Crippen LogP contribution in [0.5, 0.6) is 0 Å². The third-order valence-corrected chi connectivity index (χ3v) is 16.9. The van der Waals surface area contributed by atoms with Crippen molar-refractivity contribution < 1.29 is 9.90 Å². The molecule has 0 radical (unpaired) electrons. The summed E-state index contributed by atoms with van der Waals surface area (Å²) in [5.41, 5.74) is 1.36. The van der Waals surface area contributed by atoms with Crippen LogP contribution in [0, 0.1) is 62.1 Å². The van der Waals surface area contributed by atoms with Crippen LogP contribution in [0.2, 0.25) is 0 Å². The molecule has 1 heterocycles. The number of hydrogen-bond acceptors (Lipinski definition) is 3. The molecule has 6 aliphatic carbocycles. The molecule has 1 aliphatic heterocycles. The number of piperazine rings is 1. The number of fused-ring (bicyclic) bond motifs is 7. The van der Waals surface area contributed by atoms with Crippen LogP contribution in [0.3, 0.4) is 0 Å². The Hall–Kier alpha value is -0.610. The molecule has 7 aliphatic rings. The standard InChI is InChI=1S/C37H62N2O2/c1-8-38-21-23-39(24-22-38)31(41)37-16-11-25(33(4)17-18-33)30(37)26-9-10-28-34(5)14-13-29(40)32(2,3)27(34)12-15-36(28,7)35(26,6)19-20-37/h25-30,40H,8-24H2,1-7H3/t25-,26-,27+,28-,29+,30-,34+,35-,36-,37+/m1/s1. The smallest absolute Gasteiger partial charge is 0.229 e. The zero-order valence-electron chi connectivity index (χ0n) is 27.7. The highest BCUT2D eigenvalue weighted by Gasteiger charge is 2.73. The molecule has 1 saturated heterocycles. The van der Waals surface area contributed by atoms with Crippen molar-refractivity contribution in [1.82, 2.24) is 9.80 Å². The van der Waals surface area contributed by atoms with Crippen LogP contribution < -0.4 is 0 Å². The predicted octanol–water partition coefficient (Wildman–Crippen LogP) is 7.39. The number of aliphatic hydroxyl groups excluding tert-OH is 1. The maximum atomic E-state index is 14.8. The fourth-order valence-electron chi connectivity index (χ4n) is 13.9. The van der Waals surface area contributed by atoms with E-state index in [4.69, 9.17) is 0 Å². The molecule has 7 rings (SSSR count). The monoisotopic (exact) mass is 566 g/mol. The summed E-state index contributed by atoms with van der Waals surface area (Å²) in [6.45, 7) is 22.8. The Bertz CT molecular complexity index is 1060. The Morgan fingerprint density at radius 3 is 2.07 bits per heavy atom. The van der Waals surface area contributed by atoms with E-state index < -0.39 is 0 Å². The first-order chi connectivity index (χ1) is 19.3. The van der Waals surface area contributed by atoms with E-state index in [0.29, 0.717) is 45.3 Å². The van der Waals surface area contributed by atoms with Gasteiger partial charge in [0.15, 0.2) is 0 Å². The lowest BCUT2D eigenvalue weighted by Crippen LogP contribution is -2.67. The van der Waals surface area contributed by atoms with E-state index >= 15 is 0 Å². The lowest BCUT2D eigenvalue weighted by Gasteiger charge is -2.73. The summed E-state index contributed by atoms with van der Waals surface area (Å²) in [5.74, 6) is 3.93. The summed E-state index contributed by atoms with van der Waals surface area (Å²) >= 11 is 0. The van der Waals surface area contributed by atoms with Crippen LogP contribution in [0.15, 0.2) is 0 Å². The van der Waals surface area contributed by atoms with Crippen LogP contribution in [0.1, 0.15) is 126 Å². The van der Waals surface area contributed by atoms with Gasteiger partial charge in [-0.1, -0.05) is 48.5 Å². The van der Waals surface area contributed by atoms with Gasteiger partial charge in [-0.3, -0.25) is 4.79 Å². The van der Waals surface area contributed by atoms with E-state index in [2.05, 4.69) is 58.3 Å². The summed E-state index contributed by atoms with van der Waals surface area (Å²) in [4.78, 5) is 19.7. The average molecular weight is 567 g/mol. The lowest BCUT2D eigenvalue weighted by molar-refractivity contribution is -0.249. The molecule has 0 aromatic carbocycles. The summed E-state index contributed by atoms with van der Waals surface area (Å²) in [6.07, 6.45) is 14.9. The summed E-state index contributed by atoms with van der Waals surface area (Å²) in [5, 5.41) is 11.1. The van der Waals surface area contributed by atoms with Gasteiger partial charge in [-0.25, -0.2) is 0 Å². The second kappa shape index (κ2) is 9.21. The number of amides is 1. The Kier molecular flexibility index (Phi) is 6.54. The average Bonchev–Trinajstić information content (AvgIpc) is 3.56. The maximum absolute atomic E-state index is 14.8. The quantitative estimate of drug-likeness (QED) is 0.387. The number of rotatable bonds is 3. The molecule has 0 aromatic heterocycles. The molecule has 232 valence electrons. The summed E-state index contributed by atoms with van der Waals surface area (Å²) < 4.78 is 0. The first kappa shape index (κ1) is 29.1. The molecule has 7 fully saturated rings. The second-order valence-corrected chi connectivity index (χ2v) is 18.3. The summed E-state index contributed by atoms with van der Waals surface area (Å²) in [7, 11) is 0. The van der Waals surface area contributed by atoms with Crippen LogP contribution >= 0.6 is 0 Å². The van der Waals surface area contributed by atoms with E-state index in [-0.39, 0.29) is 16.9 Å². The lowest BCUT2D eigenvalue weighted by atomic mass is 9.32. The van der Waals surface area contributed by atoms with E-state index in [1.807, 2.05) is 0 Å². The van der Waals surface area contributed by atoms with Crippen molar-refractivity contribution in [2.24, 2.45) is 62.1 Å². The van der Waals surface area contributed by atoms with Gasteiger partial charge in [-0.15, -0.1) is 0 Å². The van der Waals surface area contributed by atoms with Crippen LogP contribution in [0.4, 0.5) is 0 Å². The highest BCUT2D eigenvalue weighted by atomic mass is 16.3. The Balaban J connectivity index is 1.24. The van der Waals surface area contributed by atoms with Crippen molar-refractivity contribution in [3.63, 3.8) is 0 Å². The molecule has 0 unspecified atom stereocenters. The Morgan fingerprint density at radius 2 is 1.41 bits per heavy atom. The van der Waals surface area contributed by atoms with Crippen molar-refractivity contribution in [3.05, 3.63) is 0 Å². The van der Waals surface area contributed by atoms with Gasteiger partial charge in [0, 0.05) is 26.2 Å². The third-order valence-electron chi connectivity index (χ3n) is 16.9. The molecule has 1 N–H and O–H groups in total. The van der Waals surface area contributed by atoms with Gasteiger partial charge < -0.3 is 14.9 Å². The number of likely N-dealkylation sites (N-methyl/N-ethyl adjacent to an activating group) is 1. The maximum Gasteiger partial charge on any atom is 0.229 e. The molecule has 4 heteroatoms. The minimum atomic E-state index is -0.157. The Morgan fingerprint density at radius 1 is 0.707 bits per heavy atom.